The van der Waals surface area contributed by atoms with E-state index < -0.39 is 9.84 Å². The molecule has 0 radical (unpaired) electrons. The van der Waals surface area contributed by atoms with Gasteiger partial charge in [-0.25, -0.2) is 13.1 Å². The first kappa shape index (κ1) is 20.5. The van der Waals surface area contributed by atoms with E-state index in [1.807, 2.05) is 24.3 Å². The van der Waals surface area contributed by atoms with Crippen LogP contribution in [0.5, 0.6) is 5.75 Å². The maximum Gasteiger partial charge on any atom is 0.234 e. The standard InChI is InChI=1S/C17H23N5O4S2/c1-21(9-15(23)18-13-7-8-28(24,25)10-13)11-22-17(27)19-16(20-22)12-3-5-14(26-2)6-4-12/h3-6,13H,7-11H2,1-2H3,(H,18,23)(H,19,20,27). The van der Waals surface area contributed by atoms with Crippen molar-refractivity contribution in [2.45, 2.75) is 19.1 Å². The first-order valence-corrected chi connectivity index (χ1v) is 11.0. The average Bonchev–Trinajstić information content (AvgIpc) is 3.16. The molecular formula is C17H23N5O4S2. The van der Waals surface area contributed by atoms with Crippen molar-refractivity contribution in [1.82, 2.24) is 25.0 Å². The number of H-pyrrole nitrogens is 1. The number of rotatable bonds is 7. The van der Waals surface area contributed by atoms with Crippen molar-refractivity contribution in [3.05, 3.63) is 29.0 Å². The van der Waals surface area contributed by atoms with E-state index in [1.165, 1.54) is 0 Å². The third-order valence-electron chi connectivity index (χ3n) is 4.44. The Morgan fingerprint density at radius 1 is 1.43 bits per heavy atom. The summed E-state index contributed by atoms with van der Waals surface area (Å²) < 4.78 is 30.2. The number of sulfone groups is 1. The Hall–Kier alpha value is -2.24. The van der Waals surface area contributed by atoms with E-state index in [0.717, 1.165) is 11.3 Å². The summed E-state index contributed by atoms with van der Waals surface area (Å²) in [5.41, 5.74) is 0.869. The fourth-order valence-electron chi connectivity index (χ4n) is 3.05. The molecule has 2 heterocycles. The third kappa shape index (κ3) is 5.18. The number of benzene rings is 1. The molecule has 1 atom stereocenters. The summed E-state index contributed by atoms with van der Waals surface area (Å²) in [5, 5.41) is 5.91. The summed E-state index contributed by atoms with van der Waals surface area (Å²) in [6.07, 6.45) is 0.467. The highest BCUT2D eigenvalue weighted by Gasteiger charge is 2.29. The second-order valence-corrected chi connectivity index (χ2v) is 9.43. The van der Waals surface area contributed by atoms with E-state index in [1.54, 1.807) is 23.7 Å². The zero-order valence-electron chi connectivity index (χ0n) is 15.7. The summed E-state index contributed by atoms with van der Waals surface area (Å²) in [6.45, 7) is 0.466. The maximum atomic E-state index is 12.2. The molecule has 1 unspecified atom stereocenters. The lowest BCUT2D eigenvalue weighted by Crippen LogP contribution is -2.42. The lowest BCUT2D eigenvalue weighted by Gasteiger charge is -2.18. The molecule has 3 rings (SSSR count). The molecular weight excluding hydrogens is 402 g/mol. The van der Waals surface area contributed by atoms with E-state index in [-0.39, 0.29) is 30.0 Å². The van der Waals surface area contributed by atoms with Gasteiger partial charge in [-0.15, -0.1) is 0 Å². The van der Waals surface area contributed by atoms with Crippen molar-refractivity contribution in [1.29, 1.82) is 0 Å². The van der Waals surface area contributed by atoms with Crippen molar-refractivity contribution < 1.29 is 17.9 Å². The number of aromatic nitrogens is 3. The predicted octanol–water partition coefficient (Wildman–Crippen LogP) is 0.809. The molecule has 0 spiro atoms. The second kappa shape index (κ2) is 8.41. The number of nitrogens with zero attached hydrogens (tertiary/aromatic N) is 3. The second-order valence-electron chi connectivity index (χ2n) is 6.83. The van der Waals surface area contributed by atoms with Gasteiger partial charge in [-0.3, -0.25) is 14.8 Å². The lowest BCUT2D eigenvalue weighted by atomic mass is 10.2. The normalized spacial score (nSPS) is 18.3. The molecule has 1 aliphatic rings. The number of nitrogens with one attached hydrogen (secondary N) is 2. The van der Waals surface area contributed by atoms with E-state index in [0.29, 0.717) is 23.7 Å². The number of hydrogen-bond acceptors (Lipinski definition) is 7. The fourth-order valence-corrected chi connectivity index (χ4v) is 4.92. The Balaban J connectivity index is 1.58. The number of methoxy groups -OCH3 is 1. The molecule has 28 heavy (non-hydrogen) atoms. The zero-order valence-corrected chi connectivity index (χ0v) is 17.3. The van der Waals surface area contributed by atoms with Gasteiger partial charge in [0.2, 0.25) is 10.7 Å². The van der Waals surface area contributed by atoms with Gasteiger partial charge in [-0.1, -0.05) is 0 Å². The Labute approximate surface area is 168 Å². The minimum absolute atomic E-state index is 0.0132. The quantitative estimate of drug-likeness (QED) is 0.632. The monoisotopic (exact) mass is 425 g/mol. The van der Waals surface area contributed by atoms with Crippen LogP contribution in [0.3, 0.4) is 0 Å². The molecule has 0 bridgehead atoms. The van der Waals surface area contributed by atoms with Crippen LogP contribution >= 0.6 is 12.2 Å². The topological polar surface area (TPSA) is 109 Å². The molecule has 152 valence electrons. The molecule has 1 amide bonds. The average molecular weight is 426 g/mol. The van der Waals surface area contributed by atoms with Crippen molar-refractivity contribution in [2.75, 3.05) is 32.2 Å². The van der Waals surface area contributed by atoms with E-state index >= 15 is 0 Å². The number of likely N-dealkylation sites (N-methyl/N-ethyl adjacent to an activating group) is 1. The number of aromatic amines is 1. The van der Waals surface area contributed by atoms with Crippen LogP contribution in [0.25, 0.3) is 11.4 Å². The summed E-state index contributed by atoms with van der Waals surface area (Å²) in [7, 11) is 0.365. The highest BCUT2D eigenvalue weighted by Crippen LogP contribution is 2.19. The van der Waals surface area contributed by atoms with Crippen LogP contribution in [0.2, 0.25) is 0 Å². The molecule has 0 saturated carbocycles. The number of ether oxygens (including phenoxy) is 1. The fraction of sp³-hybridized carbons (Fsp3) is 0.471. The van der Waals surface area contributed by atoms with Gasteiger partial charge in [0.1, 0.15) is 5.75 Å². The van der Waals surface area contributed by atoms with Crippen LogP contribution in [-0.4, -0.2) is 72.2 Å². The van der Waals surface area contributed by atoms with Gasteiger partial charge in [0.05, 0.1) is 31.8 Å². The van der Waals surface area contributed by atoms with Gasteiger partial charge < -0.3 is 10.1 Å². The summed E-state index contributed by atoms with van der Waals surface area (Å²) in [5.74, 6) is 1.31. The largest absolute Gasteiger partial charge is 0.497 e. The highest BCUT2D eigenvalue weighted by molar-refractivity contribution is 7.91. The van der Waals surface area contributed by atoms with Gasteiger partial charge >= 0.3 is 0 Å². The first-order chi connectivity index (χ1) is 13.3. The van der Waals surface area contributed by atoms with Crippen molar-refractivity contribution in [3.63, 3.8) is 0 Å². The molecule has 11 heteroatoms. The Morgan fingerprint density at radius 3 is 2.75 bits per heavy atom. The molecule has 1 fully saturated rings. The van der Waals surface area contributed by atoms with Crippen molar-refractivity contribution in [3.8, 4) is 17.1 Å². The number of hydrogen-bond donors (Lipinski definition) is 2. The molecule has 1 saturated heterocycles. The molecule has 1 aliphatic heterocycles. The van der Waals surface area contributed by atoms with Gasteiger partial charge in [0.15, 0.2) is 15.7 Å². The SMILES string of the molecule is COc1ccc(-c2nc(=S)n(CN(C)CC(=O)NC3CCS(=O)(=O)C3)[nH]2)cc1. The lowest BCUT2D eigenvalue weighted by molar-refractivity contribution is -0.122. The molecule has 1 aromatic carbocycles. The molecule has 2 N–H and O–H groups in total. The highest BCUT2D eigenvalue weighted by atomic mass is 32.2. The van der Waals surface area contributed by atoms with E-state index in [9.17, 15) is 13.2 Å². The maximum absolute atomic E-state index is 12.2. The van der Waals surface area contributed by atoms with E-state index in [2.05, 4.69) is 15.4 Å². The number of carbonyl (C=O) groups excluding carboxylic acids is 1. The molecule has 0 aliphatic carbocycles. The minimum Gasteiger partial charge on any atom is -0.497 e. The van der Waals surface area contributed by atoms with Crippen LogP contribution in [0.1, 0.15) is 6.42 Å². The Bertz CT molecular complexity index is 997. The van der Waals surface area contributed by atoms with Crippen LogP contribution in [0.4, 0.5) is 0 Å². The molecule has 1 aromatic heterocycles. The zero-order chi connectivity index (χ0) is 20.3. The van der Waals surface area contributed by atoms with Gasteiger partial charge in [-0.2, -0.15) is 4.98 Å². The summed E-state index contributed by atoms with van der Waals surface area (Å²) >= 11 is 5.30. The summed E-state index contributed by atoms with van der Waals surface area (Å²) in [4.78, 5) is 18.3. The Morgan fingerprint density at radius 2 is 2.14 bits per heavy atom. The van der Waals surface area contributed by atoms with Crippen LogP contribution < -0.4 is 10.1 Å². The van der Waals surface area contributed by atoms with Crippen molar-refractivity contribution >= 4 is 28.0 Å². The van der Waals surface area contributed by atoms with Gasteiger partial charge in [0, 0.05) is 11.6 Å². The third-order valence-corrected chi connectivity index (χ3v) is 6.52. The van der Waals surface area contributed by atoms with E-state index in [4.69, 9.17) is 17.0 Å². The Kier molecular flexibility index (Phi) is 6.16. The molecule has 2 aromatic rings. The van der Waals surface area contributed by atoms with Gasteiger partial charge in [0.25, 0.3) is 0 Å². The summed E-state index contributed by atoms with van der Waals surface area (Å²) in [6, 6.07) is 7.13. The number of carbonyl (C=O) groups is 1. The van der Waals surface area contributed by atoms with Crippen LogP contribution in [0, 0.1) is 4.77 Å². The predicted molar refractivity (Wildman–Crippen MR) is 107 cm³/mol. The number of amides is 1. The van der Waals surface area contributed by atoms with Crippen molar-refractivity contribution in [2.24, 2.45) is 0 Å². The van der Waals surface area contributed by atoms with Crippen LogP contribution in [0.15, 0.2) is 24.3 Å². The smallest absolute Gasteiger partial charge is 0.234 e. The van der Waals surface area contributed by atoms with Crippen LogP contribution in [-0.2, 0) is 21.3 Å². The minimum atomic E-state index is -3.02. The molecule has 9 nitrogen and oxygen atoms in total. The van der Waals surface area contributed by atoms with Gasteiger partial charge in [-0.05, 0) is 50.0 Å². The first-order valence-electron chi connectivity index (χ1n) is 8.75.